The van der Waals surface area contributed by atoms with Gasteiger partial charge in [-0.15, -0.1) is 11.8 Å². The predicted octanol–water partition coefficient (Wildman–Crippen LogP) is 3.54. The lowest BCUT2D eigenvalue weighted by atomic mass is 10.0. The molecule has 2 heteroatoms. The molecular formula is C16H14N2. The van der Waals surface area contributed by atoms with Crippen molar-refractivity contribution in [3.8, 4) is 17.9 Å². The van der Waals surface area contributed by atoms with Crippen LogP contribution in [0.5, 0.6) is 0 Å². The molecule has 0 radical (unpaired) electrons. The number of rotatable bonds is 3. The van der Waals surface area contributed by atoms with Gasteiger partial charge in [-0.3, -0.25) is 0 Å². The van der Waals surface area contributed by atoms with Crippen LogP contribution in [0.25, 0.3) is 10.8 Å². The van der Waals surface area contributed by atoms with Crippen LogP contribution in [0, 0.1) is 23.2 Å². The van der Waals surface area contributed by atoms with Crippen molar-refractivity contribution in [2.45, 2.75) is 13.3 Å². The van der Waals surface area contributed by atoms with Gasteiger partial charge in [0.25, 0.3) is 0 Å². The van der Waals surface area contributed by atoms with Gasteiger partial charge >= 0.3 is 0 Å². The molecule has 0 spiro atoms. The summed E-state index contributed by atoms with van der Waals surface area (Å²) in [6, 6.07) is 14.0. The first-order chi connectivity index (χ1) is 8.86. The third-order valence-corrected chi connectivity index (χ3v) is 2.79. The van der Waals surface area contributed by atoms with Crippen molar-refractivity contribution in [2.24, 2.45) is 0 Å². The lowest BCUT2D eigenvalue weighted by Crippen LogP contribution is -2.01. The molecule has 88 valence electrons. The monoisotopic (exact) mass is 234 g/mol. The fourth-order valence-corrected chi connectivity index (χ4v) is 1.94. The van der Waals surface area contributed by atoms with Crippen LogP contribution < -0.4 is 5.32 Å². The van der Waals surface area contributed by atoms with E-state index in [1.54, 1.807) is 0 Å². The second-order valence-electron chi connectivity index (χ2n) is 3.92. The Hall–Kier alpha value is -2.45. The van der Waals surface area contributed by atoms with E-state index >= 15 is 0 Å². The molecule has 0 unspecified atom stereocenters. The summed E-state index contributed by atoms with van der Waals surface area (Å²) in [4.78, 5) is 0. The Kier molecular flexibility index (Phi) is 3.84. The number of hydrogen-bond acceptors (Lipinski definition) is 2. The lowest BCUT2D eigenvalue weighted by molar-refractivity contribution is 1.10. The topological polar surface area (TPSA) is 35.8 Å². The molecule has 18 heavy (non-hydrogen) atoms. The van der Waals surface area contributed by atoms with Crippen LogP contribution in [-0.2, 0) is 0 Å². The molecule has 2 aromatic carbocycles. The Bertz CT molecular complexity index is 654. The second-order valence-corrected chi connectivity index (χ2v) is 3.92. The third kappa shape index (κ3) is 2.44. The summed E-state index contributed by atoms with van der Waals surface area (Å²) in [7, 11) is 0. The van der Waals surface area contributed by atoms with E-state index in [0.29, 0.717) is 5.56 Å². The van der Waals surface area contributed by atoms with Crippen LogP contribution in [0.3, 0.4) is 0 Å². The Morgan fingerprint density at radius 1 is 1.11 bits per heavy atom. The quantitative estimate of drug-likeness (QED) is 0.651. The van der Waals surface area contributed by atoms with Crippen molar-refractivity contribution in [1.82, 2.24) is 0 Å². The van der Waals surface area contributed by atoms with Crippen molar-refractivity contribution < 1.29 is 0 Å². The number of benzene rings is 2. The molecule has 0 heterocycles. The zero-order chi connectivity index (χ0) is 12.8. The number of hydrogen-bond donors (Lipinski definition) is 1. The van der Waals surface area contributed by atoms with E-state index in [1.807, 2.05) is 43.3 Å². The molecule has 0 amide bonds. The van der Waals surface area contributed by atoms with E-state index in [-0.39, 0.29) is 0 Å². The van der Waals surface area contributed by atoms with Gasteiger partial charge in [-0.05, 0) is 19.1 Å². The average molecular weight is 234 g/mol. The van der Waals surface area contributed by atoms with Crippen LogP contribution >= 0.6 is 0 Å². The summed E-state index contributed by atoms with van der Waals surface area (Å²) in [6.07, 6.45) is 0.824. The highest BCUT2D eigenvalue weighted by Crippen LogP contribution is 2.26. The van der Waals surface area contributed by atoms with Crippen molar-refractivity contribution >= 4 is 16.5 Å². The molecule has 2 nitrogen and oxygen atoms in total. The highest BCUT2D eigenvalue weighted by atomic mass is 14.9. The lowest BCUT2D eigenvalue weighted by Gasteiger charge is -2.09. The fourth-order valence-electron chi connectivity index (χ4n) is 1.94. The summed E-state index contributed by atoms with van der Waals surface area (Å²) in [5, 5.41) is 14.5. The molecule has 0 saturated carbocycles. The van der Waals surface area contributed by atoms with Gasteiger partial charge in [-0.2, -0.15) is 5.26 Å². The van der Waals surface area contributed by atoms with Crippen LogP contribution in [0.15, 0.2) is 36.4 Å². The minimum absolute atomic E-state index is 0.712. The van der Waals surface area contributed by atoms with E-state index in [2.05, 4.69) is 23.2 Å². The van der Waals surface area contributed by atoms with Gasteiger partial charge in [0, 0.05) is 29.4 Å². The van der Waals surface area contributed by atoms with Gasteiger partial charge in [0.2, 0.25) is 0 Å². The molecule has 0 atom stereocenters. The first-order valence-electron chi connectivity index (χ1n) is 5.92. The summed E-state index contributed by atoms with van der Waals surface area (Å²) < 4.78 is 0. The van der Waals surface area contributed by atoms with Crippen LogP contribution in [0.1, 0.15) is 18.9 Å². The minimum Gasteiger partial charge on any atom is -0.384 e. The third-order valence-electron chi connectivity index (χ3n) is 2.79. The maximum Gasteiger partial charge on any atom is 0.0998 e. The zero-order valence-corrected chi connectivity index (χ0v) is 10.3. The summed E-state index contributed by atoms with van der Waals surface area (Å²) >= 11 is 0. The SMILES string of the molecule is CC#CCCNc1ccc(C#N)c2ccccc12. The number of anilines is 1. The average Bonchev–Trinajstić information content (AvgIpc) is 2.43. The fraction of sp³-hybridized carbons (Fsp3) is 0.188. The zero-order valence-electron chi connectivity index (χ0n) is 10.3. The molecule has 0 aliphatic rings. The highest BCUT2D eigenvalue weighted by molar-refractivity contribution is 5.97. The molecule has 2 rings (SSSR count). The molecule has 0 aromatic heterocycles. The van der Waals surface area contributed by atoms with Gasteiger partial charge in [0.15, 0.2) is 0 Å². The Morgan fingerprint density at radius 3 is 2.61 bits per heavy atom. The second kappa shape index (κ2) is 5.75. The highest BCUT2D eigenvalue weighted by Gasteiger charge is 2.04. The van der Waals surface area contributed by atoms with Crippen molar-refractivity contribution in [3.05, 3.63) is 42.0 Å². The molecule has 1 N–H and O–H groups in total. The van der Waals surface area contributed by atoms with Gasteiger partial charge < -0.3 is 5.32 Å². The van der Waals surface area contributed by atoms with Gasteiger partial charge in [-0.1, -0.05) is 24.3 Å². The molecular weight excluding hydrogens is 220 g/mol. The molecule has 0 fully saturated rings. The normalized spacial score (nSPS) is 9.33. The smallest absolute Gasteiger partial charge is 0.0998 e. The Morgan fingerprint density at radius 2 is 1.89 bits per heavy atom. The molecule has 2 aromatic rings. The Balaban J connectivity index is 2.34. The molecule has 0 saturated heterocycles. The van der Waals surface area contributed by atoms with Crippen LogP contribution in [-0.4, -0.2) is 6.54 Å². The maximum atomic E-state index is 9.08. The number of nitrogens with zero attached hydrogens (tertiary/aromatic N) is 1. The summed E-state index contributed by atoms with van der Waals surface area (Å²) in [5.41, 5.74) is 1.77. The summed E-state index contributed by atoms with van der Waals surface area (Å²) in [6.45, 7) is 2.66. The van der Waals surface area contributed by atoms with Gasteiger partial charge in [0.1, 0.15) is 0 Å². The van der Waals surface area contributed by atoms with Crippen LogP contribution in [0.4, 0.5) is 5.69 Å². The van der Waals surface area contributed by atoms with E-state index in [1.165, 1.54) is 0 Å². The van der Waals surface area contributed by atoms with E-state index in [9.17, 15) is 0 Å². The number of nitriles is 1. The van der Waals surface area contributed by atoms with E-state index < -0.39 is 0 Å². The first-order valence-corrected chi connectivity index (χ1v) is 5.92. The van der Waals surface area contributed by atoms with Crippen LogP contribution in [0.2, 0.25) is 0 Å². The molecule has 0 aliphatic carbocycles. The number of nitrogens with one attached hydrogen (secondary N) is 1. The van der Waals surface area contributed by atoms with E-state index in [0.717, 1.165) is 29.4 Å². The van der Waals surface area contributed by atoms with Gasteiger partial charge in [0.05, 0.1) is 11.6 Å². The molecule has 0 bridgehead atoms. The number of fused-ring (bicyclic) bond motifs is 1. The van der Waals surface area contributed by atoms with Crippen molar-refractivity contribution in [1.29, 1.82) is 5.26 Å². The molecule has 0 aliphatic heterocycles. The standard InChI is InChI=1S/C16H14N2/c1-2-3-6-11-18-16-10-9-13(12-17)14-7-4-5-8-15(14)16/h4-5,7-10,18H,6,11H2,1H3. The van der Waals surface area contributed by atoms with Crippen molar-refractivity contribution in [2.75, 3.05) is 11.9 Å². The van der Waals surface area contributed by atoms with Gasteiger partial charge in [-0.25, -0.2) is 0 Å². The largest absolute Gasteiger partial charge is 0.384 e. The first kappa shape index (κ1) is 12.0. The van der Waals surface area contributed by atoms with E-state index in [4.69, 9.17) is 5.26 Å². The summed E-state index contributed by atoms with van der Waals surface area (Å²) in [5.74, 6) is 5.90. The van der Waals surface area contributed by atoms with Crippen molar-refractivity contribution in [3.63, 3.8) is 0 Å². The predicted molar refractivity (Wildman–Crippen MR) is 75.2 cm³/mol. The maximum absolute atomic E-state index is 9.08. The minimum atomic E-state index is 0.712. The Labute approximate surface area is 107 Å².